The van der Waals surface area contributed by atoms with Gasteiger partial charge in [-0.2, -0.15) is 0 Å². The zero-order chi connectivity index (χ0) is 15.4. The number of pyridine rings is 1. The van der Waals surface area contributed by atoms with Crippen molar-refractivity contribution in [1.82, 2.24) is 14.7 Å². The molecule has 2 aromatic heterocycles. The predicted octanol–water partition coefficient (Wildman–Crippen LogP) is 1.55. The fraction of sp³-hybridized carbons (Fsp3) is 0.467. The highest BCUT2D eigenvalue weighted by Gasteiger charge is 2.12. The number of ether oxygens (including phenoxy) is 2. The Kier molecular flexibility index (Phi) is 4.93. The van der Waals surface area contributed by atoms with Crippen molar-refractivity contribution in [2.45, 2.75) is 26.6 Å². The molecular formula is C15H21N3O3. The highest BCUT2D eigenvalue weighted by atomic mass is 16.7. The summed E-state index contributed by atoms with van der Waals surface area (Å²) in [6, 6.07) is 3.62. The lowest BCUT2D eigenvalue weighted by Crippen LogP contribution is -2.34. The summed E-state index contributed by atoms with van der Waals surface area (Å²) in [4.78, 5) is 16.7. The van der Waals surface area contributed by atoms with Gasteiger partial charge < -0.3 is 19.2 Å². The first-order valence-electron chi connectivity index (χ1n) is 6.92. The highest BCUT2D eigenvalue weighted by Crippen LogP contribution is 2.13. The smallest absolute Gasteiger partial charge is 0.252 e. The number of nitrogens with one attached hydrogen (secondary N) is 1. The molecule has 0 aliphatic carbocycles. The number of aryl methyl sites for hydroxylation is 2. The van der Waals surface area contributed by atoms with Gasteiger partial charge in [0.15, 0.2) is 6.29 Å². The standard InChI is InChI=1S/C15H21N3O3/c1-5-12-10(2)18-9-11(6-7-13(18)17-12)15(19)16-8-14(20-3)21-4/h6-7,9,14H,5,8H2,1-4H3,(H,16,19). The predicted molar refractivity (Wildman–Crippen MR) is 79.4 cm³/mol. The number of amides is 1. The Morgan fingerprint density at radius 3 is 2.71 bits per heavy atom. The molecular weight excluding hydrogens is 270 g/mol. The summed E-state index contributed by atoms with van der Waals surface area (Å²) < 4.78 is 12.0. The van der Waals surface area contributed by atoms with E-state index in [2.05, 4.69) is 17.2 Å². The molecule has 21 heavy (non-hydrogen) atoms. The third-order valence-corrected chi connectivity index (χ3v) is 3.51. The van der Waals surface area contributed by atoms with Crippen LogP contribution in [0.1, 0.15) is 28.7 Å². The molecule has 2 heterocycles. The van der Waals surface area contributed by atoms with Gasteiger partial charge in [0, 0.05) is 26.1 Å². The van der Waals surface area contributed by atoms with E-state index >= 15 is 0 Å². The van der Waals surface area contributed by atoms with Crippen LogP contribution in [0.2, 0.25) is 0 Å². The van der Waals surface area contributed by atoms with Crippen LogP contribution >= 0.6 is 0 Å². The number of aromatic nitrogens is 2. The molecule has 0 spiro atoms. The van der Waals surface area contributed by atoms with E-state index in [1.165, 1.54) is 14.2 Å². The molecule has 0 bridgehead atoms. The molecule has 0 aliphatic heterocycles. The SMILES string of the molecule is CCc1nc2ccc(C(=O)NCC(OC)OC)cn2c1C. The molecule has 6 heteroatoms. The summed E-state index contributed by atoms with van der Waals surface area (Å²) in [6.45, 7) is 4.37. The van der Waals surface area contributed by atoms with E-state index in [1.54, 1.807) is 12.3 Å². The van der Waals surface area contributed by atoms with Gasteiger partial charge in [-0.15, -0.1) is 0 Å². The topological polar surface area (TPSA) is 64.9 Å². The van der Waals surface area contributed by atoms with E-state index in [1.807, 2.05) is 17.4 Å². The molecule has 2 rings (SSSR count). The lowest BCUT2D eigenvalue weighted by molar-refractivity contribution is -0.0974. The Hall–Kier alpha value is -1.92. The van der Waals surface area contributed by atoms with Crippen molar-refractivity contribution in [3.8, 4) is 0 Å². The number of carbonyl (C=O) groups excluding carboxylic acids is 1. The molecule has 114 valence electrons. The average molecular weight is 291 g/mol. The third-order valence-electron chi connectivity index (χ3n) is 3.51. The van der Waals surface area contributed by atoms with E-state index in [-0.39, 0.29) is 5.91 Å². The van der Waals surface area contributed by atoms with Gasteiger partial charge in [0.1, 0.15) is 5.65 Å². The minimum Gasteiger partial charge on any atom is -0.354 e. The van der Waals surface area contributed by atoms with Gasteiger partial charge in [-0.1, -0.05) is 6.92 Å². The highest BCUT2D eigenvalue weighted by molar-refractivity contribution is 5.94. The van der Waals surface area contributed by atoms with Gasteiger partial charge in [0.05, 0.1) is 17.8 Å². The first-order valence-corrected chi connectivity index (χ1v) is 6.92. The van der Waals surface area contributed by atoms with Gasteiger partial charge in [-0.05, 0) is 25.5 Å². The summed E-state index contributed by atoms with van der Waals surface area (Å²) in [7, 11) is 3.07. The molecule has 0 radical (unpaired) electrons. The second kappa shape index (κ2) is 6.69. The Labute approximate surface area is 124 Å². The number of rotatable bonds is 6. The molecule has 2 aromatic rings. The number of hydrogen-bond acceptors (Lipinski definition) is 4. The van der Waals surface area contributed by atoms with E-state index in [4.69, 9.17) is 9.47 Å². The Morgan fingerprint density at radius 1 is 1.38 bits per heavy atom. The average Bonchev–Trinajstić information content (AvgIpc) is 2.84. The molecule has 0 fully saturated rings. The summed E-state index contributed by atoms with van der Waals surface area (Å²) >= 11 is 0. The zero-order valence-electron chi connectivity index (χ0n) is 12.8. The summed E-state index contributed by atoms with van der Waals surface area (Å²) in [6.07, 6.45) is 2.23. The van der Waals surface area contributed by atoms with Crippen molar-refractivity contribution in [2.75, 3.05) is 20.8 Å². The van der Waals surface area contributed by atoms with E-state index in [9.17, 15) is 4.79 Å². The van der Waals surface area contributed by atoms with Crippen LogP contribution in [0.3, 0.4) is 0 Å². The third kappa shape index (κ3) is 3.22. The molecule has 1 N–H and O–H groups in total. The number of nitrogens with zero attached hydrogens (tertiary/aromatic N) is 2. The number of methoxy groups -OCH3 is 2. The van der Waals surface area contributed by atoms with Crippen LogP contribution in [0.4, 0.5) is 0 Å². The van der Waals surface area contributed by atoms with E-state index in [0.29, 0.717) is 12.1 Å². The summed E-state index contributed by atoms with van der Waals surface area (Å²) in [5.74, 6) is -0.165. The molecule has 0 aromatic carbocycles. The first kappa shape index (κ1) is 15.5. The van der Waals surface area contributed by atoms with E-state index in [0.717, 1.165) is 23.5 Å². The molecule has 0 atom stereocenters. The normalized spacial score (nSPS) is 11.3. The molecule has 0 saturated heterocycles. The van der Waals surface area contributed by atoms with Crippen molar-refractivity contribution in [1.29, 1.82) is 0 Å². The van der Waals surface area contributed by atoms with Crippen molar-refractivity contribution in [3.05, 3.63) is 35.3 Å². The van der Waals surface area contributed by atoms with Crippen LogP contribution in [0.15, 0.2) is 18.3 Å². The second-order valence-corrected chi connectivity index (χ2v) is 4.75. The fourth-order valence-electron chi connectivity index (χ4n) is 2.22. The minimum absolute atomic E-state index is 0.165. The maximum absolute atomic E-state index is 12.2. The van der Waals surface area contributed by atoms with Crippen LogP contribution in [0.5, 0.6) is 0 Å². The quantitative estimate of drug-likeness (QED) is 0.820. The monoisotopic (exact) mass is 291 g/mol. The van der Waals surface area contributed by atoms with Crippen molar-refractivity contribution >= 4 is 11.6 Å². The van der Waals surface area contributed by atoms with Gasteiger partial charge in [-0.25, -0.2) is 4.98 Å². The molecule has 6 nitrogen and oxygen atoms in total. The van der Waals surface area contributed by atoms with Crippen molar-refractivity contribution in [3.63, 3.8) is 0 Å². The number of fused-ring (bicyclic) bond motifs is 1. The van der Waals surface area contributed by atoms with Crippen LogP contribution in [-0.2, 0) is 15.9 Å². The second-order valence-electron chi connectivity index (χ2n) is 4.75. The molecule has 0 saturated carbocycles. The van der Waals surface area contributed by atoms with Crippen LogP contribution < -0.4 is 5.32 Å². The Balaban J connectivity index is 2.18. The first-order chi connectivity index (χ1) is 10.1. The van der Waals surface area contributed by atoms with Crippen molar-refractivity contribution in [2.24, 2.45) is 0 Å². The van der Waals surface area contributed by atoms with Gasteiger partial charge >= 0.3 is 0 Å². The number of carbonyl (C=O) groups is 1. The summed E-state index contributed by atoms with van der Waals surface area (Å²) in [5, 5.41) is 2.78. The summed E-state index contributed by atoms with van der Waals surface area (Å²) in [5.41, 5.74) is 3.55. The maximum atomic E-state index is 12.2. The molecule has 1 amide bonds. The number of imidazole rings is 1. The lowest BCUT2D eigenvalue weighted by atomic mass is 10.2. The number of hydrogen-bond donors (Lipinski definition) is 1. The van der Waals surface area contributed by atoms with Gasteiger partial charge in [-0.3, -0.25) is 4.79 Å². The molecule has 0 aliphatic rings. The minimum atomic E-state index is -0.445. The van der Waals surface area contributed by atoms with Crippen molar-refractivity contribution < 1.29 is 14.3 Å². The Morgan fingerprint density at radius 2 is 2.10 bits per heavy atom. The zero-order valence-corrected chi connectivity index (χ0v) is 12.8. The largest absolute Gasteiger partial charge is 0.354 e. The van der Waals surface area contributed by atoms with Crippen LogP contribution in [0, 0.1) is 6.92 Å². The van der Waals surface area contributed by atoms with Crippen LogP contribution in [0.25, 0.3) is 5.65 Å². The maximum Gasteiger partial charge on any atom is 0.252 e. The van der Waals surface area contributed by atoms with Gasteiger partial charge in [0.25, 0.3) is 5.91 Å². The van der Waals surface area contributed by atoms with Crippen LogP contribution in [-0.4, -0.2) is 42.3 Å². The lowest BCUT2D eigenvalue weighted by Gasteiger charge is -2.14. The van der Waals surface area contributed by atoms with E-state index < -0.39 is 6.29 Å². The Bertz CT molecular complexity index is 632. The fourth-order valence-corrected chi connectivity index (χ4v) is 2.22. The molecule has 0 unspecified atom stereocenters. The van der Waals surface area contributed by atoms with Gasteiger partial charge in [0.2, 0.25) is 0 Å².